The summed E-state index contributed by atoms with van der Waals surface area (Å²) in [6.45, 7) is 3.75. The molecule has 4 aliphatic rings. The minimum Gasteiger partial charge on any atom is -0.370 e. The Kier molecular flexibility index (Phi) is 3.78. The fourth-order valence-electron chi connectivity index (χ4n) is 5.19. The molecule has 4 fully saturated rings. The van der Waals surface area contributed by atoms with Crippen LogP contribution in [0.3, 0.4) is 0 Å². The maximum atomic E-state index is 6.43. The van der Waals surface area contributed by atoms with Crippen LogP contribution in [0.1, 0.15) is 64.2 Å². The van der Waals surface area contributed by atoms with Gasteiger partial charge < -0.3 is 10.1 Å². The van der Waals surface area contributed by atoms with Crippen LogP contribution in [0.25, 0.3) is 0 Å². The van der Waals surface area contributed by atoms with Gasteiger partial charge in [-0.05, 0) is 51.5 Å². The maximum absolute atomic E-state index is 6.43. The van der Waals surface area contributed by atoms with Gasteiger partial charge in [0.25, 0.3) is 0 Å². The van der Waals surface area contributed by atoms with Crippen LogP contribution in [-0.2, 0) is 4.74 Å². The molecule has 3 nitrogen and oxygen atoms in total. The minimum absolute atomic E-state index is 0.304. The topological polar surface area (TPSA) is 24.5 Å². The van der Waals surface area contributed by atoms with Crippen molar-refractivity contribution in [1.82, 2.24) is 10.2 Å². The number of nitrogens with zero attached hydrogens (tertiary/aromatic N) is 1. The lowest BCUT2D eigenvalue weighted by molar-refractivity contribution is -0.0362. The molecular formula is C17H30N2O. The summed E-state index contributed by atoms with van der Waals surface area (Å²) >= 11 is 0. The molecule has 0 aromatic rings. The number of hydrogen-bond donors (Lipinski definition) is 1. The van der Waals surface area contributed by atoms with Gasteiger partial charge in [-0.3, -0.25) is 4.90 Å². The molecule has 1 aliphatic carbocycles. The molecule has 4 rings (SSSR count). The third-order valence-corrected chi connectivity index (χ3v) is 6.32. The van der Waals surface area contributed by atoms with Gasteiger partial charge in [0, 0.05) is 25.2 Å². The molecule has 3 heterocycles. The normalized spacial score (nSPS) is 40.5. The predicted octanol–water partition coefficient (Wildman–Crippen LogP) is 2.69. The van der Waals surface area contributed by atoms with Crippen LogP contribution in [0, 0.1) is 0 Å². The highest BCUT2D eigenvalue weighted by molar-refractivity contribution is 4.96. The van der Waals surface area contributed by atoms with E-state index >= 15 is 0 Å². The van der Waals surface area contributed by atoms with Crippen molar-refractivity contribution in [3.8, 4) is 0 Å². The minimum atomic E-state index is 0.304. The lowest BCUT2D eigenvalue weighted by Gasteiger charge is -2.33. The lowest BCUT2D eigenvalue weighted by atomic mass is 9.98. The van der Waals surface area contributed by atoms with Crippen LogP contribution in [0.2, 0.25) is 0 Å². The van der Waals surface area contributed by atoms with E-state index in [1.54, 1.807) is 0 Å². The number of fused-ring (bicyclic) bond motifs is 1. The Bertz CT molecular complexity index is 340. The summed E-state index contributed by atoms with van der Waals surface area (Å²) in [4.78, 5) is 2.72. The molecule has 0 bridgehead atoms. The monoisotopic (exact) mass is 278 g/mol. The van der Waals surface area contributed by atoms with Crippen molar-refractivity contribution in [2.24, 2.45) is 0 Å². The molecular weight excluding hydrogens is 248 g/mol. The largest absolute Gasteiger partial charge is 0.370 e. The first-order valence-electron chi connectivity index (χ1n) is 9.00. The van der Waals surface area contributed by atoms with Crippen LogP contribution in [-0.4, -0.2) is 48.3 Å². The van der Waals surface area contributed by atoms with Crippen LogP contribution >= 0.6 is 0 Å². The molecule has 0 amide bonds. The Hall–Kier alpha value is -0.120. The van der Waals surface area contributed by atoms with Crippen molar-refractivity contribution in [3.63, 3.8) is 0 Å². The Morgan fingerprint density at radius 2 is 1.85 bits per heavy atom. The number of piperidine rings is 1. The van der Waals surface area contributed by atoms with Crippen molar-refractivity contribution in [2.45, 2.75) is 88.0 Å². The molecule has 114 valence electrons. The van der Waals surface area contributed by atoms with Gasteiger partial charge in [-0.2, -0.15) is 0 Å². The lowest BCUT2D eigenvalue weighted by Crippen LogP contribution is -2.46. The molecule has 0 radical (unpaired) electrons. The van der Waals surface area contributed by atoms with Gasteiger partial charge in [-0.25, -0.2) is 0 Å². The highest BCUT2D eigenvalue weighted by Gasteiger charge is 2.42. The fraction of sp³-hybridized carbons (Fsp3) is 1.00. The third kappa shape index (κ3) is 2.53. The summed E-state index contributed by atoms with van der Waals surface area (Å²) in [5.41, 5.74) is 0.304. The molecule has 3 unspecified atom stereocenters. The van der Waals surface area contributed by atoms with Crippen molar-refractivity contribution in [3.05, 3.63) is 0 Å². The van der Waals surface area contributed by atoms with E-state index in [0.717, 1.165) is 18.6 Å². The van der Waals surface area contributed by atoms with E-state index in [1.807, 2.05) is 0 Å². The Labute approximate surface area is 123 Å². The number of ether oxygens (including phenoxy) is 1. The Morgan fingerprint density at radius 3 is 2.75 bits per heavy atom. The van der Waals surface area contributed by atoms with Gasteiger partial charge in [0.15, 0.2) is 0 Å². The van der Waals surface area contributed by atoms with Gasteiger partial charge in [-0.1, -0.05) is 19.3 Å². The molecule has 0 aromatic heterocycles. The van der Waals surface area contributed by atoms with Crippen LogP contribution in [0.15, 0.2) is 0 Å². The first-order chi connectivity index (χ1) is 9.85. The predicted molar refractivity (Wildman–Crippen MR) is 80.9 cm³/mol. The first-order valence-corrected chi connectivity index (χ1v) is 9.00. The van der Waals surface area contributed by atoms with Crippen molar-refractivity contribution in [1.29, 1.82) is 0 Å². The molecule has 3 aliphatic heterocycles. The summed E-state index contributed by atoms with van der Waals surface area (Å²) in [5.74, 6) is 0. The summed E-state index contributed by atoms with van der Waals surface area (Å²) in [7, 11) is 0. The smallest absolute Gasteiger partial charge is 0.0708 e. The molecule has 1 spiro atoms. The fourth-order valence-corrected chi connectivity index (χ4v) is 5.19. The molecule has 0 aromatic carbocycles. The molecule has 1 N–H and O–H groups in total. The number of hydrogen-bond acceptors (Lipinski definition) is 3. The number of rotatable bonds is 3. The van der Waals surface area contributed by atoms with Gasteiger partial charge in [0.2, 0.25) is 0 Å². The van der Waals surface area contributed by atoms with Gasteiger partial charge >= 0.3 is 0 Å². The van der Waals surface area contributed by atoms with E-state index in [4.69, 9.17) is 4.74 Å². The zero-order valence-corrected chi connectivity index (χ0v) is 12.8. The van der Waals surface area contributed by atoms with Gasteiger partial charge in [0.1, 0.15) is 0 Å². The number of nitrogens with one attached hydrogen (secondary N) is 1. The highest BCUT2D eigenvalue weighted by atomic mass is 16.5. The van der Waals surface area contributed by atoms with Gasteiger partial charge in [-0.15, -0.1) is 0 Å². The van der Waals surface area contributed by atoms with Crippen LogP contribution < -0.4 is 5.32 Å². The molecule has 3 heteroatoms. The quantitative estimate of drug-likeness (QED) is 0.859. The summed E-state index contributed by atoms with van der Waals surface area (Å²) in [6, 6.07) is 1.56. The van der Waals surface area contributed by atoms with E-state index in [9.17, 15) is 0 Å². The summed E-state index contributed by atoms with van der Waals surface area (Å²) in [5, 5.41) is 3.86. The molecule has 3 atom stereocenters. The average molecular weight is 278 g/mol. The average Bonchev–Trinajstić information content (AvgIpc) is 3.19. The zero-order valence-electron chi connectivity index (χ0n) is 12.8. The standard InChI is InChI=1S/C17H30N2O/c1-4-11-19-12-7-15(16(19)5-1)18-13-14-6-10-17(20-14)8-2-3-9-17/h14-16,18H,1-13H2. The third-order valence-electron chi connectivity index (χ3n) is 6.32. The molecule has 1 saturated carbocycles. The second kappa shape index (κ2) is 5.58. The molecule has 3 saturated heterocycles. The van der Waals surface area contributed by atoms with Gasteiger partial charge in [0.05, 0.1) is 11.7 Å². The van der Waals surface area contributed by atoms with Crippen molar-refractivity contribution < 1.29 is 4.74 Å². The summed E-state index contributed by atoms with van der Waals surface area (Å²) < 4.78 is 6.43. The van der Waals surface area contributed by atoms with E-state index in [1.165, 1.54) is 77.3 Å². The second-order valence-corrected chi connectivity index (χ2v) is 7.57. The van der Waals surface area contributed by atoms with E-state index in [0.29, 0.717) is 11.7 Å². The Morgan fingerprint density at radius 1 is 0.950 bits per heavy atom. The van der Waals surface area contributed by atoms with E-state index in [2.05, 4.69) is 10.2 Å². The maximum Gasteiger partial charge on any atom is 0.0708 e. The van der Waals surface area contributed by atoms with Crippen LogP contribution in [0.5, 0.6) is 0 Å². The SMILES string of the molecule is C1CCN2CCC(NCC3CCC4(CCCC4)O3)C2C1. The zero-order chi connectivity index (χ0) is 13.4. The second-order valence-electron chi connectivity index (χ2n) is 7.57. The first kappa shape index (κ1) is 13.5. The molecule has 20 heavy (non-hydrogen) atoms. The van der Waals surface area contributed by atoms with Crippen LogP contribution in [0.4, 0.5) is 0 Å². The van der Waals surface area contributed by atoms with E-state index < -0.39 is 0 Å². The highest BCUT2D eigenvalue weighted by Crippen LogP contribution is 2.43. The summed E-state index contributed by atoms with van der Waals surface area (Å²) in [6.07, 6.45) is 14.1. The van der Waals surface area contributed by atoms with Crippen molar-refractivity contribution in [2.75, 3.05) is 19.6 Å². The van der Waals surface area contributed by atoms with E-state index in [-0.39, 0.29) is 0 Å². The van der Waals surface area contributed by atoms with Crippen molar-refractivity contribution >= 4 is 0 Å². The Balaban J connectivity index is 1.27.